The molecule has 0 aliphatic rings. The van der Waals surface area contributed by atoms with E-state index in [2.05, 4.69) is 38.2 Å². The Hall–Kier alpha value is -0.870. The summed E-state index contributed by atoms with van der Waals surface area (Å²) in [6, 6.07) is 4.17. The predicted molar refractivity (Wildman–Crippen MR) is 85.1 cm³/mol. The van der Waals surface area contributed by atoms with Crippen molar-refractivity contribution in [2.75, 3.05) is 13.7 Å². The van der Waals surface area contributed by atoms with Crippen LogP contribution in [0.5, 0.6) is 0 Å². The lowest BCUT2D eigenvalue weighted by atomic mass is 9.97. The molecule has 4 heteroatoms. The minimum Gasteiger partial charge on any atom is -0.374 e. The van der Waals surface area contributed by atoms with Gasteiger partial charge in [-0.1, -0.05) is 26.7 Å². The van der Waals surface area contributed by atoms with Crippen LogP contribution in [0.1, 0.15) is 55.4 Å². The van der Waals surface area contributed by atoms with Crippen molar-refractivity contribution in [3.8, 4) is 0 Å². The maximum absolute atomic E-state index is 12.2. The third-order valence-corrected chi connectivity index (χ3v) is 4.56. The number of ether oxygens (including phenoxy) is 1. The van der Waals surface area contributed by atoms with Crippen molar-refractivity contribution in [1.82, 2.24) is 5.32 Å². The number of thiophene rings is 1. The van der Waals surface area contributed by atoms with Gasteiger partial charge in [0.05, 0.1) is 0 Å². The minimum absolute atomic E-state index is 0.0402. The van der Waals surface area contributed by atoms with E-state index in [9.17, 15) is 4.79 Å². The zero-order valence-corrected chi connectivity index (χ0v) is 13.9. The van der Waals surface area contributed by atoms with E-state index >= 15 is 0 Å². The molecular weight excluding hydrogens is 270 g/mol. The summed E-state index contributed by atoms with van der Waals surface area (Å²) in [5.74, 6) is 0.316. The first-order chi connectivity index (χ1) is 9.62. The molecule has 0 spiro atoms. The van der Waals surface area contributed by atoms with E-state index < -0.39 is 0 Å². The number of carbonyl (C=O) groups excluding carboxylic acids is 1. The zero-order chi connectivity index (χ0) is 15.0. The van der Waals surface area contributed by atoms with Gasteiger partial charge in [0, 0.05) is 29.3 Å². The maximum atomic E-state index is 12.2. The molecule has 0 fully saturated rings. The highest BCUT2D eigenvalue weighted by Gasteiger charge is 2.19. The summed E-state index contributed by atoms with van der Waals surface area (Å²) < 4.78 is 5.50. The normalized spacial score (nSPS) is 12.7. The van der Waals surface area contributed by atoms with Gasteiger partial charge in [-0.25, -0.2) is 0 Å². The monoisotopic (exact) mass is 297 g/mol. The van der Waals surface area contributed by atoms with Gasteiger partial charge in [0.25, 0.3) is 0 Å². The van der Waals surface area contributed by atoms with Crippen LogP contribution in [-0.2, 0) is 9.53 Å². The molecule has 1 rings (SSSR count). The third kappa shape index (κ3) is 5.25. The van der Waals surface area contributed by atoms with Crippen LogP contribution in [0.25, 0.3) is 0 Å². The van der Waals surface area contributed by atoms with Crippen molar-refractivity contribution in [3.63, 3.8) is 0 Å². The Morgan fingerprint density at radius 2 is 1.95 bits per heavy atom. The van der Waals surface area contributed by atoms with Crippen LogP contribution in [0.4, 0.5) is 0 Å². The fourth-order valence-electron chi connectivity index (χ4n) is 2.37. The van der Waals surface area contributed by atoms with E-state index in [4.69, 9.17) is 4.74 Å². The number of carbonyl (C=O) groups is 1. The summed E-state index contributed by atoms with van der Waals surface area (Å²) in [5, 5.41) is 3.05. The van der Waals surface area contributed by atoms with Gasteiger partial charge in [0.1, 0.15) is 6.10 Å². The molecule has 0 saturated carbocycles. The summed E-state index contributed by atoms with van der Waals surface area (Å²) in [7, 11) is 1.70. The van der Waals surface area contributed by atoms with E-state index in [0.29, 0.717) is 6.54 Å². The van der Waals surface area contributed by atoms with E-state index in [0.717, 1.165) is 25.7 Å². The Morgan fingerprint density at radius 1 is 1.30 bits per heavy atom. The van der Waals surface area contributed by atoms with Crippen LogP contribution >= 0.6 is 11.3 Å². The highest BCUT2D eigenvalue weighted by molar-refractivity contribution is 7.12. The first-order valence-corrected chi connectivity index (χ1v) is 8.30. The van der Waals surface area contributed by atoms with Crippen molar-refractivity contribution in [1.29, 1.82) is 0 Å². The van der Waals surface area contributed by atoms with Crippen LogP contribution in [0.15, 0.2) is 12.1 Å². The summed E-state index contributed by atoms with van der Waals surface area (Å²) in [6.07, 6.45) is 4.00. The molecular formula is C16H27NO2S. The third-order valence-electron chi connectivity index (χ3n) is 3.47. The van der Waals surface area contributed by atoms with Crippen molar-refractivity contribution >= 4 is 17.2 Å². The molecule has 1 aromatic heterocycles. The average molecular weight is 297 g/mol. The van der Waals surface area contributed by atoms with Gasteiger partial charge >= 0.3 is 0 Å². The first-order valence-electron chi connectivity index (χ1n) is 7.49. The molecule has 0 aromatic carbocycles. The van der Waals surface area contributed by atoms with E-state index in [1.807, 2.05) is 0 Å². The van der Waals surface area contributed by atoms with Gasteiger partial charge in [-0.05, 0) is 31.9 Å². The maximum Gasteiger partial charge on any atom is 0.223 e. The van der Waals surface area contributed by atoms with Gasteiger partial charge in [-0.15, -0.1) is 11.3 Å². The lowest BCUT2D eigenvalue weighted by molar-refractivity contribution is -0.126. The molecule has 1 aromatic rings. The molecule has 0 aliphatic heterocycles. The standard InChI is InChI=1S/C16H27NO2S/c1-5-7-13(8-6-2)16(18)17-11-14(19-4)15-10-9-12(3)20-15/h9-10,13-14H,5-8,11H2,1-4H3,(H,17,18). The topological polar surface area (TPSA) is 38.3 Å². The molecule has 0 aliphatic carbocycles. The predicted octanol–water partition coefficient (Wildman–Crippen LogP) is 4.08. The quantitative estimate of drug-likeness (QED) is 0.746. The molecule has 3 nitrogen and oxygen atoms in total. The minimum atomic E-state index is -0.0402. The Morgan fingerprint density at radius 3 is 2.40 bits per heavy atom. The summed E-state index contributed by atoms with van der Waals surface area (Å²) in [4.78, 5) is 14.7. The molecule has 20 heavy (non-hydrogen) atoms. The van der Waals surface area contributed by atoms with Gasteiger partial charge in [-0.2, -0.15) is 0 Å². The Bertz CT molecular complexity index is 397. The van der Waals surface area contributed by atoms with E-state index in [1.54, 1.807) is 18.4 Å². The van der Waals surface area contributed by atoms with Gasteiger partial charge in [-0.3, -0.25) is 4.79 Å². The Kier molecular flexibility index (Phi) is 7.85. The van der Waals surface area contributed by atoms with Crippen LogP contribution in [0, 0.1) is 12.8 Å². The lowest BCUT2D eigenvalue weighted by Crippen LogP contribution is -2.34. The van der Waals surface area contributed by atoms with Crippen molar-refractivity contribution < 1.29 is 9.53 Å². The van der Waals surface area contributed by atoms with Gasteiger partial charge in [0.2, 0.25) is 5.91 Å². The highest BCUT2D eigenvalue weighted by Crippen LogP contribution is 2.24. The summed E-state index contributed by atoms with van der Waals surface area (Å²) in [6.45, 7) is 6.89. The fourth-order valence-corrected chi connectivity index (χ4v) is 3.32. The second-order valence-corrected chi connectivity index (χ2v) is 6.51. The molecule has 1 heterocycles. The molecule has 0 bridgehead atoms. The number of methoxy groups -OCH3 is 1. The molecule has 0 saturated heterocycles. The largest absolute Gasteiger partial charge is 0.374 e. The molecule has 1 unspecified atom stereocenters. The van der Waals surface area contributed by atoms with Crippen molar-refractivity contribution in [3.05, 3.63) is 21.9 Å². The Labute approximate surface area is 126 Å². The summed E-state index contributed by atoms with van der Waals surface area (Å²) >= 11 is 1.72. The van der Waals surface area contributed by atoms with E-state index in [1.165, 1.54) is 9.75 Å². The smallest absolute Gasteiger partial charge is 0.223 e. The number of aryl methyl sites for hydroxylation is 1. The number of amides is 1. The second-order valence-electron chi connectivity index (χ2n) is 5.19. The lowest BCUT2D eigenvalue weighted by Gasteiger charge is -2.18. The SMILES string of the molecule is CCCC(CCC)C(=O)NCC(OC)c1ccc(C)s1. The van der Waals surface area contributed by atoms with Crippen molar-refractivity contribution in [2.24, 2.45) is 5.92 Å². The van der Waals surface area contributed by atoms with Crippen molar-refractivity contribution in [2.45, 2.75) is 52.6 Å². The fraction of sp³-hybridized carbons (Fsp3) is 0.688. The number of rotatable bonds is 9. The summed E-state index contributed by atoms with van der Waals surface area (Å²) in [5.41, 5.74) is 0. The van der Waals surface area contributed by atoms with Gasteiger partial charge in [0.15, 0.2) is 0 Å². The molecule has 1 amide bonds. The number of hydrogen-bond acceptors (Lipinski definition) is 3. The second kappa shape index (κ2) is 9.14. The van der Waals surface area contributed by atoms with Crippen LogP contribution in [0.3, 0.4) is 0 Å². The molecule has 0 radical (unpaired) electrons. The van der Waals surface area contributed by atoms with Crippen LogP contribution in [-0.4, -0.2) is 19.6 Å². The van der Waals surface area contributed by atoms with E-state index in [-0.39, 0.29) is 17.9 Å². The van der Waals surface area contributed by atoms with Crippen LogP contribution < -0.4 is 5.32 Å². The number of nitrogens with one attached hydrogen (secondary N) is 1. The highest BCUT2D eigenvalue weighted by atomic mass is 32.1. The zero-order valence-electron chi connectivity index (χ0n) is 13.1. The average Bonchev–Trinajstić information content (AvgIpc) is 2.85. The molecule has 1 atom stereocenters. The van der Waals surface area contributed by atoms with Gasteiger partial charge < -0.3 is 10.1 Å². The molecule has 1 N–H and O–H groups in total. The number of hydrogen-bond donors (Lipinski definition) is 1. The van der Waals surface area contributed by atoms with Crippen LogP contribution in [0.2, 0.25) is 0 Å². The Balaban J connectivity index is 2.52. The first kappa shape index (κ1) is 17.2. The molecule has 114 valence electrons.